The van der Waals surface area contributed by atoms with E-state index >= 15 is 0 Å². The average Bonchev–Trinajstić information content (AvgIpc) is 2.34. The van der Waals surface area contributed by atoms with Gasteiger partial charge in [0, 0.05) is 0 Å². The molecule has 0 saturated heterocycles. The Labute approximate surface area is 57.3 Å². The predicted molar refractivity (Wildman–Crippen MR) is 41.4 cm³/mol. The van der Waals surface area contributed by atoms with Gasteiger partial charge in [0.2, 0.25) is 0 Å². The quantitative estimate of drug-likeness (QED) is 0.528. The van der Waals surface area contributed by atoms with Crippen molar-refractivity contribution < 1.29 is 0 Å². The highest BCUT2D eigenvalue weighted by Gasteiger charge is 1.98. The fourth-order valence-corrected chi connectivity index (χ4v) is 1.12. The lowest BCUT2D eigenvalue weighted by Crippen LogP contribution is -1.67. The Bertz CT molecular complexity index is 129. The standard InChI is InChI=1S/C9H14/c1-2-3-6-9-7-4-5-8-9/h3,6-7H,2,4-5,8H2,1H3. The topological polar surface area (TPSA) is 0 Å². The lowest BCUT2D eigenvalue weighted by molar-refractivity contribution is 0.915. The van der Waals surface area contributed by atoms with Crippen LogP contribution in [0.25, 0.3) is 0 Å². The molecule has 0 fully saturated rings. The first-order valence-corrected chi connectivity index (χ1v) is 3.79. The molecule has 0 aromatic rings. The van der Waals surface area contributed by atoms with E-state index in [1.165, 1.54) is 24.8 Å². The molecule has 0 heteroatoms. The van der Waals surface area contributed by atoms with Crippen LogP contribution in [0.15, 0.2) is 23.8 Å². The minimum absolute atomic E-state index is 1.16. The summed E-state index contributed by atoms with van der Waals surface area (Å²) in [5.74, 6) is 0. The van der Waals surface area contributed by atoms with Crippen LogP contribution in [-0.4, -0.2) is 0 Å². The molecule has 50 valence electrons. The van der Waals surface area contributed by atoms with Crippen LogP contribution in [0.3, 0.4) is 0 Å². The molecule has 1 rings (SSSR count). The van der Waals surface area contributed by atoms with E-state index in [1.807, 2.05) is 0 Å². The second kappa shape index (κ2) is 3.49. The number of allylic oxidation sites excluding steroid dienone is 4. The molecular weight excluding hydrogens is 108 g/mol. The number of hydrogen-bond donors (Lipinski definition) is 0. The summed E-state index contributed by atoms with van der Waals surface area (Å²) >= 11 is 0. The zero-order valence-corrected chi connectivity index (χ0v) is 6.06. The molecular formula is C9H14. The minimum atomic E-state index is 1.16. The fraction of sp³-hybridized carbons (Fsp3) is 0.556. The molecule has 0 radical (unpaired) electrons. The monoisotopic (exact) mass is 122 g/mol. The van der Waals surface area contributed by atoms with Gasteiger partial charge in [-0.05, 0) is 25.7 Å². The summed E-state index contributed by atoms with van der Waals surface area (Å²) in [4.78, 5) is 0. The summed E-state index contributed by atoms with van der Waals surface area (Å²) in [6, 6.07) is 0. The average molecular weight is 122 g/mol. The first kappa shape index (κ1) is 6.60. The fourth-order valence-electron chi connectivity index (χ4n) is 1.12. The molecule has 0 saturated carbocycles. The first-order chi connectivity index (χ1) is 4.43. The number of hydrogen-bond acceptors (Lipinski definition) is 0. The Kier molecular flexibility index (Phi) is 2.56. The van der Waals surface area contributed by atoms with Crippen LogP contribution in [0.1, 0.15) is 32.6 Å². The van der Waals surface area contributed by atoms with Gasteiger partial charge in [0.1, 0.15) is 0 Å². The maximum Gasteiger partial charge on any atom is -0.0279 e. The third-order valence-electron chi connectivity index (χ3n) is 1.64. The molecule has 0 N–H and O–H groups in total. The highest BCUT2D eigenvalue weighted by Crippen LogP contribution is 2.18. The van der Waals surface area contributed by atoms with Crippen LogP contribution in [0, 0.1) is 0 Å². The summed E-state index contributed by atoms with van der Waals surface area (Å²) < 4.78 is 0. The molecule has 0 spiro atoms. The third kappa shape index (κ3) is 2.05. The summed E-state index contributed by atoms with van der Waals surface area (Å²) in [5, 5.41) is 0. The van der Waals surface area contributed by atoms with E-state index in [0.717, 1.165) is 6.42 Å². The molecule has 0 heterocycles. The Morgan fingerprint density at radius 1 is 1.67 bits per heavy atom. The largest absolute Gasteiger partial charge is 0.0845 e. The van der Waals surface area contributed by atoms with Crippen molar-refractivity contribution in [3.63, 3.8) is 0 Å². The van der Waals surface area contributed by atoms with Gasteiger partial charge < -0.3 is 0 Å². The molecule has 0 atom stereocenters. The molecule has 0 unspecified atom stereocenters. The van der Waals surface area contributed by atoms with Gasteiger partial charge in [0.15, 0.2) is 0 Å². The molecule has 1 aliphatic rings. The van der Waals surface area contributed by atoms with E-state index in [4.69, 9.17) is 0 Å². The van der Waals surface area contributed by atoms with Crippen molar-refractivity contribution in [2.24, 2.45) is 0 Å². The van der Waals surface area contributed by atoms with Gasteiger partial charge in [-0.15, -0.1) is 0 Å². The van der Waals surface area contributed by atoms with Gasteiger partial charge in [-0.25, -0.2) is 0 Å². The lowest BCUT2D eigenvalue weighted by atomic mass is 10.2. The molecule has 9 heavy (non-hydrogen) atoms. The van der Waals surface area contributed by atoms with Crippen LogP contribution < -0.4 is 0 Å². The van der Waals surface area contributed by atoms with Crippen molar-refractivity contribution in [1.82, 2.24) is 0 Å². The van der Waals surface area contributed by atoms with Crippen molar-refractivity contribution >= 4 is 0 Å². The van der Waals surface area contributed by atoms with Crippen LogP contribution in [-0.2, 0) is 0 Å². The van der Waals surface area contributed by atoms with Crippen molar-refractivity contribution in [2.75, 3.05) is 0 Å². The summed E-state index contributed by atoms with van der Waals surface area (Å²) in [6.45, 7) is 2.17. The van der Waals surface area contributed by atoms with Crippen LogP contribution in [0.5, 0.6) is 0 Å². The van der Waals surface area contributed by atoms with Crippen molar-refractivity contribution in [1.29, 1.82) is 0 Å². The summed E-state index contributed by atoms with van der Waals surface area (Å²) in [5.41, 5.74) is 1.54. The van der Waals surface area contributed by atoms with E-state index in [2.05, 4.69) is 25.2 Å². The Morgan fingerprint density at radius 3 is 3.11 bits per heavy atom. The van der Waals surface area contributed by atoms with Crippen molar-refractivity contribution in [2.45, 2.75) is 32.6 Å². The SMILES string of the molecule is CCC=CC1=CCCC1. The van der Waals surface area contributed by atoms with E-state index in [0.29, 0.717) is 0 Å². The highest BCUT2D eigenvalue weighted by molar-refractivity contribution is 5.21. The second-order valence-corrected chi connectivity index (χ2v) is 2.48. The van der Waals surface area contributed by atoms with E-state index in [1.54, 1.807) is 0 Å². The first-order valence-electron chi connectivity index (χ1n) is 3.79. The Balaban J connectivity index is 2.34. The van der Waals surface area contributed by atoms with Gasteiger partial charge in [-0.3, -0.25) is 0 Å². The van der Waals surface area contributed by atoms with E-state index in [-0.39, 0.29) is 0 Å². The Hall–Kier alpha value is -0.520. The van der Waals surface area contributed by atoms with Crippen molar-refractivity contribution in [3.05, 3.63) is 23.8 Å². The summed E-state index contributed by atoms with van der Waals surface area (Å²) in [6.07, 6.45) is 12.0. The molecule has 0 amide bonds. The predicted octanol–water partition coefficient (Wildman–Crippen LogP) is 3.06. The van der Waals surface area contributed by atoms with Gasteiger partial charge in [0.25, 0.3) is 0 Å². The normalized spacial score (nSPS) is 19.0. The van der Waals surface area contributed by atoms with Crippen molar-refractivity contribution in [3.8, 4) is 0 Å². The summed E-state index contributed by atoms with van der Waals surface area (Å²) in [7, 11) is 0. The molecule has 0 nitrogen and oxygen atoms in total. The maximum atomic E-state index is 2.34. The van der Waals surface area contributed by atoms with Crippen LogP contribution >= 0.6 is 0 Å². The molecule has 0 aromatic heterocycles. The lowest BCUT2D eigenvalue weighted by Gasteiger charge is -1.87. The zero-order valence-electron chi connectivity index (χ0n) is 6.06. The molecule has 1 aliphatic carbocycles. The third-order valence-corrected chi connectivity index (χ3v) is 1.64. The Morgan fingerprint density at radius 2 is 2.56 bits per heavy atom. The molecule has 0 aromatic carbocycles. The molecule has 0 aliphatic heterocycles. The van der Waals surface area contributed by atoms with Crippen LogP contribution in [0.4, 0.5) is 0 Å². The smallest absolute Gasteiger partial charge is 0.0279 e. The zero-order chi connectivity index (χ0) is 6.53. The van der Waals surface area contributed by atoms with E-state index in [9.17, 15) is 0 Å². The second-order valence-electron chi connectivity index (χ2n) is 2.48. The molecule has 0 bridgehead atoms. The number of rotatable bonds is 2. The van der Waals surface area contributed by atoms with Gasteiger partial charge in [0.05, 0.1) is 0 Å². The van der Waals surface area contributed by atoms with Gasteiger partial charge >= 0.3 is 0 Å². The van der Waals surface area contributed by atoms with Gasteiger partial charge in [-0.1, -0.05) is 30.7 Å². The van der Waals surface area contributed by atoms with E-state index < -0.39 is 0 Å². The highest BCUT2D eigenvalue weighted by atomic mass is 14.0. The van der Waals surface area contributed by atoms with Crippen LogP contribution in [0.2, 0.25) is 0 Å². The van der Waals surface area contributed by atoms with Gasteiger partial charge in [-0.2, -0.15) is 0 Å². The maximum absolute atomic E-state index is 2.34. The minimum Gasteiger partial charge on any atom is -0.0845 e.